The molecule has 0 unspecified atom stereocenters. The lowest BCUT2D eigenvalue weighted by Gasteiger charge is -2.22. The van der Waals surface area contributed by atoms with Crippen molar-refractivity contribution >= 4 is 23.4 Å². The third-order valence-electron chi connectivity index (χ3n) is 4.98. The number of nitrogens with zero attached hydrogens (tertiary/aromatic N) is 2. The molecule has 2 heterocycles. The average Bonchev–Trinajstić information content (AvgIpc) is 3.14. The second-order valence-corrected chi connectivity index (χ2v) is 7.03. The average molecular weight is 398 g/mol. The van der Waals surface area contributed by atoms with Crippen LogP contribution in [0.4, 0.5) is 5.69 Å². The highest BCUT2D eigenvalue weighted by atomic mass is 16.5. The lowest BCUT2D eigenvalue weighted by atomic mass is 10.1. The van der Waals surface area contributed by atoms with Crippen molar-refractivity contribution in [2.75, 3.05) is 45.2 Å². The van der Waals surface area contributed by atoms with Crippen LogP contribution in [-0.4, -0.2) is 72.4 Å². The van der Waals surface area contributed by atoms with Crippen LogP contribution >= 0.6 is 0 Å². The number of H-pyrrole nitrogens is 1. The first-order chi connectivity index (χ1) is 14.0. The fourth-order valence-corrected chi connectivity index (χ4v) is 3.32. The zero-order valence-corrected chi connectivity index (χ0v) is 16.7. The maximum absolute atomic E-state index is 13.0. The first kappa shape index (κ1) is 20.6. The van der Waals surface area contributed by atoms with E-state index in [9.17, 15) is 14.4 Å². The van der Waals surface area contributed by atoms with Gasteiger partial charge in [-0.15, -0.1) is 0 Å². The Kier molecular flexibility index (Phi) is 6.66. The number of amides is 3. The van der Waals surface area contributed by atoms with Crippen molar-refractivity contribution in [1.82, 2.24) is 14.8 Å². The largest absolute Gasteiger partial charge is 0.375 e. The molecule has 2 aromatic rings. The van der Waals surface area contributed by atoms with E-state index < -0.39 is 0 Å². The van der Waals surface area contributed by atoms with E-state index in [0.29, 0.717) is 49.5 Å². The molecule has 0 saturated carbocycles. The lowest BCUT2D eigenvalue weighted by Crippen LogP contribution is -2.38. The smallest absolute Gasteiger partial charge is 0.272 e. The summed E-state index contributed by atoms with van der Waals surface area (Å²) in [5, 5.41) is 2.85. The summed E-state index contributed by atoms with van der Waals surface area (Å²) >= 11 is 0. The number of carbonyl (C=O) groups excluding carboxylic acids is 3. The van der Waals surface area contributed by atoms with Gasteiger partial charge in [0.1, 0.15) is 12.3 Å². The van der Waals surface area contributed by atoms with Crippen molar-refractivity contribution in [3.63, 3.8) is 0 Å². The molecule has 0 atom stereocenters. The van der Waals surface area contributed by atoms with Gasteiger partial charge >= 0.3 is 0 Å². The van der Waals surface area contributed by atoms with E-state index >= 15 is 0 Å². The van der Waals surface area contributed by atoms with E-state index in [2.05, 4.69) is 10.3 Å². The molecular weight excluding hydrogens is 372 g/mol. The van der Waals surface area contributed by atoms with Gasteiger partial charge in [-0.3, -0.25) is 14.4 Å². The van der Waals surface area contributed by atoms with Gasteiger partial charge in [0.2, 0.25) is 5.91 Å². The van der Waals surface area contributed by atoms with Crippen molar-refractivity contribution in [3.05, 3.63) is 53.3 Å². The molecular formula is C21H26N4O4. The van der Waals surface area contributed by atoms with Crippen LogP contribution in [0.2, 0.25) is 0 Å². The summed E-state index contributed by atoms with van der Waals surface area (Å²) in [6, 6.07) is 8.73. The van der Waals surface area contributed by atoms with Crippen LogP contribution in [0.3, 0.4) is 0 Å². The molecule has 8 heteroatoms. The Bertz CT molecular complexity index is 879. The van der Waals surface area contributed by atoms with Crippen molar-refractivity contribution in [3.8, 4) is 0 Å². The number of ether oxygens (including phenoxy) is 1. The lowest BCUT2D eigenvalue weighted by molar-refractivity contribution is -0.135. The summed E-state index contributed by atoms with van der Waals surface area (Å²) in [5.74, 6) is -0.433. The molecule has 1 aliphatic heterocycles. The Labute approximate surface area is 169 Å². The van der Waals surface area contributed by atoms with Crippen molar-refractivity contribution in [2.24, 2.45) is 0 Å². The monoisotopic (exact) mass is 398 g/mol. The number of methoxy groups -OCH3 is 1. The van der Waals surface area contributed by atoms with Gasteiger partial charge in [0.15, 0.2) is 0 Å². The van der Waals surface area contributed by atoms with Gasteiger partial charge in [0.25, 0.3) is 11.8 Å². The zero-order valence-electron chi connectivity index (χ0n) is 16.7. The Morgan fingerprint density at radius 2 is 1.86 bits per heavy atom. The number of aromatic amines is 1. The Hall–Kier alpha value is -3.13. The van der Waals surface area contributed by atoms with Crippen LogP contribution in [0.25, 0.3) is 0 Å². The fraction of sp³-hybridized carbons (Fsp3) is 0.381. The van der Waals surface area contributed by atoms with Crippen LogP contribution in [0.1, 0.15) is 32.8 Å². The van der Waals surface area contributed by atoms with Gasteiger partial charge in [-0.05, 0) is 43.2 Å². The maximum Gasteiger partial charge on any atom is 0.272 e. The number of benzene rings is 1. The number of aryl methyl sites for hydroxylation is 1. The fourth-order valence-electron chi connectivity index (χ4n) is 3.32. The summed E-state index contributed by atoms with van der Waals surface area (Å²) in [6.45, 7) is 4.06. The molecule has 0 spiro atoms. The normalized spacial score (nSPS) is 14.4. The molecule has 29 heavy (non-hydrogen) atoms. The summed E-state index contributed by atoms with van der Waals surface area (Å²) in [7, 11) is 1.50. The second kappa shape index (κ2) is 9.38. The number of rotatable bonds is 5. The predicted molar refractivity (Wildman–Crippen MR) is 109 cm³/mol. The molecule has 0 bridgehead atoms. The predicted octanol–water partition coefficient (Wildman–Crippen LogP) is 1.90. The molecule has 0 radical (unpaired) electrons. The van der Waals surface area contributed by atoms with Gasteiger partial charge < -0.3 is 24.8 Å². The van der Waals surface area contributed by atoms with Crippen LogP contribution < -0.4 is 5.32 Å². The third-order valence-corrected chi connectivity index (χ3v) is 4.98. The molecule has 1 fully saturated rings. The first-order valence-electron chi connectivity index (χ1n) is 9.61. The van der Waals surface area contributed by atoms with E-state index in [-0.39, 0.29) is 24.3 Å². The van der Waals surface area contributed by atoms with Crippen LogP contribution in [0.15, 0.2) is 36.5 Å². The van der Waals surface area contributed by atoms with E-state index in [4.69, 9.17) is 4.74 Å². The molecule has 3 amide bonds. The third kappa shape index (κ3) is 5.03. The molecule has 1 aliphatic rings. The summed E-state index contributed by atoms with van der Waals surface area (Å²) in [5.41, 5.74) is 2.43. The van der Waals surface area contributed by atoms with Gasteiger partial charge in [-0.2, -0.15) is 0 Å². The van der Waals surface area contributed by atoms with E-state index in [1.165, 1.54) is 7.11 Å². The molecule has 1 saturated heterocycles. The quantitative estimate of drug-likeness (QED) is 0.804. The Morgan fingerprint density at radius 1 is 1.10 bits per heavy atom. The maximum atomic E-state index is 13.0. The van der Waals surface area contributed by atoms with Gasteiger partial charge in [0, 0.05) is 50.7 Å². The van der Waals surface area contributed by atoms with E-state index in [1.807, 2.05) is 13.0 Å². The number of carbonyl (C=O) groups is 3. The minimum atomic E-state index is -0.259. The summed E-state index contributed by atoms with van der Waals surface area (Å²) < 4.78 is 4.92. The molecule has 3 rings (SSSR count). The topological polar surface area (TPSA) is 94.7 Å². The highest BCUT2D eigenvalue weighted by molar-refractivity contribution is 6.04. The second-order valence-electron chi connectivity index (χ2n) is 7.03. The number of anilines is 1. The van der Waals surface area contributed by atoms with Gasteiger partial charge in [-0.25, -0.2) is 0 Å². The molecule has 2 N–H and O–H groups in total. The number of hydrogen-bond donors (Lipinski definition) is 2. The first-order valence-corrected chi connectivity index (χ1v) is 9.61. The SMILES string of the molecule is COCC(=O)N1CCCN(C(=O)c2ccc(C)c(NC(=O)c3ccc[nH]3)c2)CC1. The number of aromatic nitrogens is 1. The standard InChI is InChI=1S/C21H26N4O4/c1-15-6-7-16(13-18(15)23-20(27)17-5-3-8-22-17)21(28)25-10-4-9-24(11-12-25)19(26)14-29-2/h3,5-8,13,22H,4,9-12,14H2,1-2H3,(H,23,27). The van der Waals surface area contributed by atoms with E-state index in [0.717, 1.165) is 5.56 Å². The Balaban J connectivity index is 1.69. The van der Waals surface area contributed by atoms with Crippen molar-refractivity contribution in [2.45, 2.75) is 13.3 Å². The summed E-state index contributed by atoms with van der Waals surface area (Å²) in [6.07, 6.45) is 2.39. The van der Waals surface area contributed by atoms with Gasteiger partial charge in [0.05, 0.1) is 0 Å². The highest BCUT2D eigenvalue weighted by Crippen LogP contribution is 2.20. The van der Waals surface area contributed by atoms with Gasteiger partial charge in [-0.1, -0.05) is 6.07 Å². The minimum absolute atomic E-state index is 0.0514. The number of hydrogen-bond acceptors (Lipinski definition) is 4. The molecule has 0 aliphatic carbocycles. The molecule has 154 valence electrons. The Morgan fingerprint density at radius 3 is 2.59 bits per heavy atom. The zero-order chi connectivity index (χ0) is 20.8. The van der Waals surface area contributed by atoms with Crippen LogP contribution in [0.5, 0.6) is 0 Å². The highest BCUT2D eigenvalue weighted by Gasteiger charge is 2.23. The molecule has 1 aromatic carbocycles. The summed E-state index contributed by atoms with van der Waals surface area (Å²) in [4.78, 5) is 43.7. The molecule has 1 aromatic heterocycles. The van der Waals surface area contributed by atoms with Crippen molar-refractivity contribution < 1.29 is 19.1 Å². The molecule has 8 nitrogen and oxygen atoms in total. The number of nitrogens with one attached hydrogen (secondary N) is 2. The van der Waals surface area contributed by atoms with Crippen molar-refractivity contribution in [1.29, 1.82) is 0 Å². The minimum Gasteiger partial charge on any atom is -0.375 e. The van der Waals surface area contributed by atoms with Crippen LogP contribution in [0, 0.1) is 6.92 Å². The van der Waals surface area contributed by atoms with E-state index in [1.54, 1.807) is 40.3 Å². The van der Waals surface area contributed by atoms with Crippen LogP contribution in [-0.2, 0) is 9.53 Å².